The van der Waals surface area contributed by atoms with Crippen LogP contribution in [0.3, 0.4) is 0 Å². The molecule has 24 heavy (non-hydrogen) atoms. The Balaban J connectivity index is 0.000000671. The second-order valence-corrected chi connectivity index (χ2v) is 4.61. The van der Waals surface area contributed by atoms with E-state index in [2.05, 4.69) is 30.0 Å². The highest BCUT2D eigenvalue weighted by Gasteiger charge is 2.05. The van der Waals surface area contributed by atoms with Crippen LogP contribution in [0.4, 0.5) is 5.82 Å². The first-order valence-corrected chi connectivity index (χ1v) is 7.91. The minimum absolute atomic E-state index is 0.778. The van der Waals surface area contributed by atoms with Crippen molar-refractivity contribution in [1.82, 2.24) is 14.1 Å². The van der Waals surface area contributed by atoms with Crippen molar-refractivity contribution in [1.29, 1.82) is 0 Å². The van der Waals surface area contributed by atoms with Crippen molar-refractivity contribution in [3.63, 3.8) is 0 Å². The van der Waals surface area contributed by atoms with Gasteiger partial charge in [0.1, 0.15) is 12.1 Å². The molecular weight excluding hydrogens is 296 g/mol. The van der Waals surface area contributed by atoms with E-state index in [1.165, 1.54) is 0 Å². The fourth-order valence-corrected chi connectivity index (χ4v) is 2.12. The molecule has 0 spiro atoms. The fourth-order valence-electron chi connectivity index (χ4n) is 2.12. The Kier molecular flexibility index (Phi) is 7.85. The van der Waals surface area contributed by atoms with Crippen LogP contribution in [-0.4, -0.2) is 14.1 Å². The maximum atomic E-state index is 4.35. The summed E-state index contributed by atoms with van der Waals surface area (Å²) in [5.41, 5.74) is 2.95. The largest absolute Gasteiger partial charge is 0.349 e. The molecule has 1 aromatic carbocycles. The molecule has 0 amide bonds. The molecule has 0 unspecified atom stereocenters. The van der Waals surface area contributed by atoms with Crippen LogP contribution in [0.25, 0.3) is 11.4 Å². The van der Waals surface area contributed by atoms with E-state index < -0.39 is 0 Å². The zero-order valence-corrected chi connectivity index (χ0v) is 14.7. The Bertz CT molecular complexity index is 738. The minimum Gasteiger partial charge on any atom is -0.349 e. The van der Waals surface area contributed by atoms with Gasteiger partial charge in [0.05, 0.1) is 17.6 Å². The smallest absolute Gasteiger partial charge is 0.149 e. The number of aryl methyl sites for hydroxylation is 1. The molecule has 0 fully saturated rings. The van der Waals surface area contributed by atoms with Gasteiger partial charge in [-0.15, -0.1) is 13.2 Å². The van der Waals surface area contributed by atoms with Crippen molar-refractivity contribution in [3.05, 3.63) is 86.6 Å². The van der Waals surface area contributed by atoms with Gasteiger partial charge in [-0.1, -0.05) is 38.6 Å². The van der Waals surface area contributed by atoms with E-state index in [0.717, 1.165) is 22.9 Å². The van der Waals surface area contributed by atoms with E-state index in [9.17, 15) is 0 Å². The highest BCUT2D eigenvalue weighted by Crippen LogP contribution is 2.17. The van der Waals surface area contributed by atoms with Gasteiger partial charge in [-0.05, 0) is 24.3 Å². The van der Waals surface area contributed by atoms with Crippen LogP contribution in [0.2, 0.25) is 0 Å². The normalized spacial score (nSPS) is 9.12. The molecule has 1 N–H and O–H groups in total. The molecule has 0 aliphatic heterocycles. The maximum absolute atomic E-state index is 4.35. The van der Waals surface area contributed by atoms with E-state index >= 15 is 0 Å². The number of anilines is 1. The zero-order chi connectivity index (χ0) is 17.9. The molecule has 0 saturated carbocycles. The summed E-state index contributed by atoms with van der Waals surface area (Å²) >= 11 is 0. The number of imidazole rings is 1. The molecular formula is C20H26N4. The van der Waals surface area contributed by atoms with Crippen molar-refractivity contribution in [2.24, 2.45) is 7.05 Å². The van der Waals surface area contributed by atoms with E-state index in [4.69, 9.17) is 0 Å². The van der Waals surface area contributed by atoms with Crippen molar-refractivity contribution in [3.8, 4) is 5.69 Å². The number of benzene rings is 1. The third kappa shape index (κ3) is 4.74. The van der Waals surface area contributed by atoms with Gasteiger partial charge < -0.3 is 14.5 Å². The van der Waals surface area contributed by atoms with Gasteiger partial charge in [0.2, 0.25) is 0 Å². The molecule has 2 aromatic heterocycles. The number of nitrogens with one attached hydrogen (secondary N) is 1. The second-order valence-electron chi connectivity index (χ2n) is 4.61. The van der Waals surface area contributed by atoms with E-state index in [-0.39, 0.29) is 0 Å². The molecule has 0 aliphatic carbocycles. The van der Waals surface area contributed by atoms with Crippen LogP contribution in [-0.2, 0) is 7.05 Å². The monoisotopic (exact) mass is 322 g/mol. The fraction of sp³-hybridized carbons (Fsp3) is 0.150. The molecule has 2 heterocycles. The number of aromatic nitrogens is 3. The SMILES string of the molecule is C=C.C=C(Nc1cn(-c2ccccc2)cn1)c1cccn1C.CC. The molecule has 4 heteroatoms. The first-order chi connectivity index (χ1) is 11.7. The van der Waals surface area contributed by atoms with Gasteiger partial charge in [0.15, 0.2) is 0 Å². The minimum atomic E-state index is 0.778. The average molecular weight is 322 g/mol. The Morgan fingerprint density at radius 3 is 2.29 bits per heavy atom. The number of rotatable bonds is 4. The van der Waals surface area contributed by atoms with Gasteiger partial charge in [-0.25, -0.2) is 4.98 Å². The molecule has 3 aromatic rings. The summed E-state index contributed by atoms with van der Waals surface area (Å²) in [6, 6.07) is 14.1. The van der Waals surface area contributed by atoms with Gasteiger partial charge in [0, 0.05) is 18.9 Å². The number of nitrogens with zero attached hydrogens (tertiary/aromatic N) is 3. The average Bonchev–Trinajstić information content (AvgIpc) is 3.28. The first-order valence-electron chi connectivity index (χ1n) is 7.91. The molecule has 0 bridgehead atoms. The lowest BCUT2D eigenvalue weighted by molar-refractivity contribution is 0.909. The van der Waals surface area contributed by atoms with Crippen molar-refractivity contribution in [2.75, 3.05) is 5.32 Å². The Morgan fingerprint density at radius 1 is 1.04 bits per heavy atom. The maximum Gasteiger partial charge on any atom is 0.149 e. The van der Waals surface area contributed by atoms with Crippen LogP contribution >= 0.6 is 0 Å². The lowest BCUT2D eigenvalue weighted by atomic mass is 10.3. The van der Waals surface area contributed by atoms with E-state index in [0.29, 0.717) is 0 Å². The third-order valence-corrected chi connectivity index (χ3v) is 3.17. The van der Waals surface area contributed by atoms with Crippen LogP contribution in [0.5, 0.6) is 0 Å². The molecule has 126 valence electrons. The van der Waals surface area contributed by atoms with Gasteiger partial charge in [-0.2, -0.15) is 0 Å². The Labute approximate surface area is 144 Å². The quantitative estimate of drug-likeness (QED) is 0.676. The van der Waals surface area contributed by atoms with Crippen LogP contribution < -0.4 is 5.32 Å². The second kappa shape index (κ2) is 9.90. The highest BCUT2D eigenvalue weighted by atomic mass is 15.1. The van der Waals surface area contributed by atoms with Crippen LogP contribution in [0.15, 0.2) is 80.9 Å². The molecule has 0 saturated heterocycles. The summed E-state index contributed by atoms with van der Waals surface area (Å²) < 4.78 is 3.99. The number of hydrogen-bond donors (Lipinski definition) is 1. The number of hydrogen-bond acceptors (Lipinski definition) is 2. The summed E-state index contributed by atoms with van der Waals surface area (Å²) in [7, 11) is 1.99. The predicted molar refractivity (Wildman–Crippen MR) is 104 cm³/mol. The summed E-state index contributed by atoms with van der Waals surface area (Å²) in [6.07, 6.45) is 5.73. The Hall–Kier alpha value is -3.01. The van der Waals surface area contributed by atoms with Crippen molar-refractivity contribution >= 4 is 11.5 Å². The molecule has 4 nitrogen and oxygen atoms in total. The molecule has 3 rings (SSSR count). The molecule has 0 atom stereocenters. The summed E-state index contributed by atoms with van der Waals surface area (Å²) in [6.45, 7) is 14.1. The summed E-state index contributed by atoms with van der Waals surface area (Å²) in [5.74, 6) is 0.778. The summed E-state index contributed by atoms with van der Waals surface area (Å²) in [5, 5.41) is 3.23. The number of para-hydroxylation sites is 1. The van der Waals surface area contributed by atoms with Crippen molar-refractivity contribution in [2.45, 2.75) is 13.8 Å². The molecule has 0 radical (unpaired) electrons. The predicted octanol–water partition coefficient (Wildman–Crippen LogP) is 5.12. The van der Waals surface area contributed by atoms with E-state index in [1.807, 2.05) is 84.9 Å². The van der Waals surface area contributed by atoms with E-state index in [1.54, 1.807) is 6.33 Å². The lowest BCUT2D eigenvalue weighted by Gasteiger charge is -2.08. The summed E-state index contributed by atoms with van der Waals surface area (Å²) in [4.78, 5) is 4.35. The van der Waals surface area contributed by atoms with Gasteiger partial charge in [0.25, 0.3) is 0 Å². The third-order valence-electron chi connectivity index (χ3n) is 3.17. The lowest BCUT2D eigenvalue weighted by Crippen LogP contribution is -2.02. The topological polar surface area (TPSA) is 34.8 Å². The van der Waals surface area contributed by atoms with Crippen molar-refractivity contribution < 1.29 is 0 Å². The zero-order valence-electron chi connectivity index (χ0n) is 14.7. The van der Waals surface area contributed by atoms with Gasteiger partial charge >= 0.3 is 0 Å². The van der Waals surface area contributed by atoms with Crippen LogP contribution in [0.1, 0.15) is 19.5 Å². The highest BCUT2D eigenvalue weighted by molar-refractivity contribution is 5.72. The molecule has 0 aliphatic rings. The standard InChI is InChI=1S/C16H16N4.C2H6.C2H4/c1-13(15-9-6-10-19(15)2)18-16-11-20(12-17-16)14-7-4-3-5-8-14;2*1-2/h3-12,18H,1H2,2H3;1-2H3;1-2H2. The first kappa shape index (κ1) is 19.0. The Morgan fingerprint density at radius 2 is 1.71 bits per heavy atom. The van der Waals surface area contributed by atoms with Gasteiger partial charge in [-0.3, -0.25) is 0 Å². The van der Waals surface area contributed by atoms with Crippen LogP contribution in [0, 0.1) is 0 Å².